The summed E-state index contributed by atoms with van der Waals surface area (Å²) in [6.45, 7) is 4.31. The van der Waals surface area contributed by atoms with Gasteiger partial charge in [-0.25, -0.2) is 0 Å². The summed E-state index contributed by atoms with van der Waals surface area (Å²) in [6, 6.07) is 7.83. The quantitative estimate of drug-likeness (QED) is 0.709. The van der Waals surface area contributed by atoms with Crippen LogP contribution in [0.25, 0.3) is 0 Å². The molecule has 0 aliphatic heterocycles. The van der Waals surface area contributed by atoms with Gasteiger partial charge >= 0.3 is 0 Å². The Hall–Kier alpha value is -2.28. The van der Waals surface area contributed by atoms with Gasteiger partial charge in [-0.05, 0) is 42.3 Å². The van der Waals surface area contributed by atoms with Crippen molar-refractivity contribution < 1.29 is 4.79 Å². The van der Waals surface area contributed by atoms with Crippen LogP contribution in [0.15, 0.2) is 29.1 Å². The second-order valence-corrected chi connectivity index (χ2v) is 5.84. The molecule has 0 aliphatic carbocycles. The van der Waals surface area contributed by atoms with Crippen LogP contribution in [0.4, 0.5) is 5.69 Å². The number of aryl methyl sites for hydroxylation is 1. The molecule has 0 aliphatic rings. The zero-order chi connectivity index (χ0) is 16.8. The molecule has 2 aromatic rings. The summed E-state index contributed by atoms with van der Waals surface area (Å²) in [4.78, 5) is 26.0. The van der Waals surface area contributed by atoms with Crippen LogP contribution >= 0.6 is 12.2 Å². The molecule has 0 saturated heterocycles. The van der Waals surface area contributed by atoms with Crippen LogP contribution < -0.4 is 10.9 Å². The zero-order valence-electron chi connectivity index (χ0n) is 13.2. The molecule has 122 valence electrons. The number of carbonyl (C=O) groups excluding carboxylic acids is 1. The molecule has 0 bridgehead atoms. The number of anilines is 1. The van der Waals surface area contributed by atoms with Crippen LogP contribution in [0, 0.1) is 4.77 Å². The van der Waals surface area contributed by atoms with Gasteiger partial charge in [0.15, 0.2) is 4.77 Å². The van der Waals surface area contributed by atoms with Crippen molar-refractivity contribution >= 4 is 23.8 Å². The summed E-state index contributed by atoms with van der Waals surface area (Å²) in [5.41, 5.74) is 1.90. The first-order chi connectivity index (χ1) is 11.0. The molecule has 2 rings (SSSR count). The Morgan fingerprint density at radius 2 is 2.04 bits per heavy atom. The van der Waals surface area contributed by atoms with E-state index in [9.17, 15) is 9.59 Å². The van der Waals surface area contributed by atoms with Crippen LogP contribution in [0.3, 0.4) is 0 Å². The molecule has 1 heterocycles. The number of nitrogens with one attached hydrogen (secondary N) is 3. The van der Waals surface area contributed by atoms with E-state index in [1.54, 1.807) is 0 Å². The van der Waals surface area contributed by atoms with Crippen LogP contribution in [0.2, 0.25) is 0 Å². The zero-order valence-corrected chi connectivity index (χ0v) is 14.0. The van der Waals surface area contributed by atoms with E-state index in [4.69, 9.17) is 12.2 Å². The molecule has 0 fully saturated rings. The molecule has 0 saturated carbocycles. The molecule has 1 aromatic heterocycles. The van der Waals surface area contributed by atoms with E-state index in [0.717, 1.165) is 12.1 Å². The Kier molecular flexibility index (Phi) is 5.81. The number of carbonyl (C=O) groups is 1. The number of amides is 1. The van der Waals surface area contributed by atoms with E-state index in [1.807, 2.05) is 24.3 Å². The molecule has 23 heavy (non-hydrogen) atoms. The van der Waals surface area contributed by atoms with E-state index in [2.05, 4.69) is 34.3 Å². The third-order valence-electron chi connectivity index (χ3n) is 3.75. The summed E-state index contributed by atoms with van der Waals surface area (Å²) in [5.74, 6) is 0.339. The van der Waals surface area contributed by atoms with E-state index < -0.39 is 0 Å². The summed E-state index contributed by atoms with van der Waals surface area (Å²) < 4.78 is 0.171. The highest BCUT2D eigenvalue weighted by atomic mass is 32.1. The molecule has 7 heteroatoms. The Labute approximate surface area is 139 Å². The van der Waals surface area contributed by atoms with Gasteiger partial charge in [-0.15, -0.1) is 0 Å². The fraction of sp³-hybridized carbons (Fsp3) is 0.375. The molecule has 1 amide bonds. The van der Waals surface area contributed by atoms with Crippen molar-refractivity contribution in [3.63, 3.8) is 0 Å². The molecule has 1 atom stereocenters. The maximum atomic E-state index is 12.0. The smallest absolute Gasteiger partial charge is 0.273 e. The van der Waals surface area contributed by atoms with Gasteiger partial charge in [0.05, 0.1) is 0 Å². The lowest BCUT2D eigenvalue weighted by molar-refractivity contribution is -0.116. The van der Waals surface area contributed by atoms with Gasteiger partial charge in [0.25, 0.3) is 5.56 Å². The fourth-order valence-electron chi connectivity index (χ4n) is 2.13. The van der Waals surface area contributed by atoms with Gasteiger partial charge in [0.1, 0.15) is 5.69 Å². The largest absolute Gasteiger partial charge is 0.326 e. The van der Waals surface area contributed by atoms with E-state index in [1.165, 1.54) is 5.56 Å². The first kappa shape index (κ1) is 17.1. The van der Waals surface area contributed by atoms with Crippen molar-refractivity contribution in [2.75, 3.05) is 5.32 Å². The van der Waals surface area contributed by atoms with Crippen LogP contribution in [0.1, 0.15) is 43.9 Å². The highest BCUT2D eigenvalue weighted by molar-refractivity contribution is 7.71. The molecule has 3 N–H and O–H groups in total. The second kappa shape index (κ2) is 7.82. The lowest BCUT2D eigenvalue weighted by Crippen LogP contribution is -2.19. The van der Waals surface area contributed by atoms with Crippen LogP contribution in [0.5, 0.6) is 0 Å². The highest BCUT2D eigenvalue weighted by Gasteiger charge is 2.08. The van der Waals surface area contributed by atoms with Crippen molar-refractivity contribution in [3.8, 4) is 0 Å². The number of aromatic amines is 2. The molecule has 6 nitrogen and oxygen atoms in total. The number of hydrogen-bond acceptors (Lipinski definition) is 4. The predicted molar refractivity (Wildman–Crippen MR) is 92.1 cm³/mol. The maximum Gasteiger partial charge on any atom is 0.273 e. The van der Waals surface area contributed by atoms with E-state index in [0.29, 0.717) is 5.92 Å². The van der Waals surface area contributed by atoms with Crippen molar-refractivity contribution in [1.82, 2.24) is 15.2 Å². The third-order valence-corrected chi connectivity index (χ3v) is 3.94. The average Bonchev–Trinajstić information content (AvgIpc) is 2.54. The molecular weight excluding hydrogens is 312 g/mol. The lowest BCUT2D eigenvalue weighted by atomic mass is 9.99. The van der Waals surface area contributed by atoms with E-state index in [-0.39, 0.29) is 34.8 Å². The number of nitrogens with zero attached hydrogens (tertiary/aromatic N) is 1. The van der Waals surface area contributed by atoms with Gasteiger partial charge in [-0.2, -0.15) is 5.10 Å². The predicted octanol–water partition coefficient (Wildman–Crippen LogP) is 2.91. The molecule has 0 spiro atoms. The number of hydrogen-bond donors (Lipinski definition) is 3. The Morgan fingerprint density at radius 1 is 1.35 bits per heavy atom. The lowest BCUT2D eigenvalue weighted by Gasteiger charge is -2.10. The molecule has 0 unspecified atom stereocenters. The van der Waals surface area contributed by atoms with Gasteiger partial charge in [0, 0.05) is 18.5 Å². The summed E-state index contributed by atoms with van der Waals surface area (Å²) in [5, 5.41) is 9.18. The SMILES string of the molecule is CC[C@@H](C)c1ccc(NC(=O)CCc2n[nH]c(=S)[nH]c2=O)cc1. The van der Waals surface area contributed by atoms with Gasteiger partial charge in [-0.3, -0.25) is 19.7 Å². The Morgan fingerprint density at radius 3 is 2.65 bits per heavy atom. The first-order valence-electron chi connectivity index (χ1n) is 7.57. The number of H-pyrrole nitrogens is 2. The van der Waals surface area contributed by atoms with Crippen molar-refractivity contribution in [2.45, 2.75) is 39.0 Å². The minimum Gasteiger partial charge on any atom is -0.326 e. The van der Waals surface area contributed by atoms with Gasteiger partial charge in [-0.1, -0.05) is 26.0 Å². The van der Waals surface area contributed by atoms with Gasteiger partial charge in [0.2, 0.25) is 5.91 Å². The second-order valence-electron chi connectivity index (χ2n) is 5.43. The monoisotopic (exact) mass is 332 g/mol. The van der Waals surface area contributed by atoms with Crippen LogP contribution in [-0.4, -0.2) is 21.1 Å². The van der Waals surface area contributed by atoms with Crippen molar-refractivity contribution in [3.05, 3.63) is 50.6 Å². The minimum atomic E-state index is -0.362. The Bertz CT molecular complexity index is 780. The topological polar surface area (TPSA) is 90.6 Å². The summed E-state index contributed by atoms with van der Waals surface area (Å²) in [7, 11) is 0. The van der Waals surface area contributed by atoms with Crippen molar-refractivity contribution in [1.29, 1.82) is 0 Å². The fourth-order valence-corrected chi connectivity index (χ4v) is 2.27. The number of rotatable bonds is 6. The molecular formula is C16H20N4O2S. The summed E-state index contributed by atoms with van der Waals surface area (Å²) >= 11 is 4.77. The normalized spacial score (nSPS) is 11.9. The number of aromatic nitrogens is 3. The van der Waals surface area contributed by atoms with Gasteiger partial charge < -0.3 is 5.32 Å². The molecule has 0 radical (unpaired) electrons. The molecule has 1 aromatic carbocycles. The van der Waals surface area contributed by atoms with E-state index >= 15 is 0 Å². The number of benzene rings is 1. The van der Waals surface area contributed by atoms with Crippen molar-refractivity contribution in [2.24, 2.45) is 0 Å². The highest BCUT2D eigenvalue weighted by Crippen LogP contribution is 2.20. The Balaban J connectivity index is 1.92. The maximum absolute atomic E-state index is 12.0. The van der Waals surface area contributed by atoms with Crippen LogP contribution in [-0.2, 0) is 11.2 Å². The minimum absolute atomic E-state index is 0.162. The standard InChI is InChI=1S/C16H20N4O2S/c1-3-10(2)11-4-6-12(7-5-11)17-14(21)9-8-13-15(22)18-16(23)20-19-13/h4-7,10H,3,8-9H2,1-2H3,(H,17,21)(H2,18,20,22,23)/t10-/m1/s1. The first-order valence-corrected chi connectivity index (χ1v) is 7.98. The summed E-state index contributed by atoms with van der Waals surface area (Å²) in [6.07, 6.45) is 1.50. The average molecular weight is 332 g/mol. The third kappa shape index (κ3) is 4.85.